The van der Waals surface area contributed by atoms with Crippen LogP contribution < -0.4 is 0 Å². The van der Waals surface area contributed by atoms with Crippen LogP contribution in [0.5, 0.6) is 0 Å². The molecule has 1 aliphatic heterocycles. The Bertz CT molecular complexity index is 288. The average Bonchev–Trinajstić information content (AvgIpc) is 2.20. The number of nitrogens with zero attached hydrogens (tertiary/aromatic N) is 3. The quantitative estimate of drug-likeness (QED) is 0.591. The molecule has 74 valence electrons. The fourth-order valence-corrected chi connectivity index (χ4v) is 1.74. The minimum absolute atomic E-state index is 0.327. The number of piperidine rings is 1. The minimum atomic E-state index is 0.327. The zero-order chi connectivity index (χ0) is 10.6. The first-order chi connectivity index (χ1) is 6.69. The molecule has 1 fully saturated rings. The van der Waals surface area contributed by atoms with E-state index in [1.54, 1.807) is 0 Å². The molecular weight excluding hydrogens is 174 g/mol. The molecule has 0 atom stereocenters. The van der Waals surface area contributed by atoms with Crippen molar-refractivity contribution in [3.63, 3.8) is 0 Å². The summed E-state index contributed by atoms with van der Waals surface area (Å²) >= 11 is 0. The van der Waals surface area contributed by atoms with Crippen molar-refractivity contribution in [3.8, 4) is 12.1 Å². The molecule has 0 amide bonds. The van der Waals surface area contributed by atoms with Crippen LogP contribution in [0.4, 0.5) is 0 Å². The Morgan fingerprint density at radius 1 is 1.21 bits per heavy atom. The molecule has 0 aromatic heterocycles. The van der Waals surface area contributed by atoms with Gasteiger partial charge in [-0.1, -0.05) is 0 Å². The molecule has 0 bridgehead atoms. The van der Waals surface area contributed by atoms with Gasteiger partial charge in [0.1, 0.15) is 17.7 Å². The molecule has 0 aromatic rings. The number of rotatable bonds is 1. The molecule has 3 nitrogen and oxygen atoms in total. The Morgan fingerprint density at radius 2 is 1.71 bits per heavy atom. The van der Waals surface area contributed by atoms with Crippen molar-refractivity contribution in [2.24, 2.45) is 0 Å². The van der Waals surface area contributed by atoms with E-state index in [2.05, 4.69) is 18.7 Å². The van der Waals surface area contributed by atoms with Crippen LogP contribution in [-0.2, 0) is 0 Å². The zero-order valence-corrected chi connectivity index (χ0v) is 8.75. The van der Waals surface area contributed by atoms with Gasteiger partial charge in [0.05, 0.1) is 0 Å². The van der Waals surface area contributed by atoms with Crippen LogP contribution in [0.2, 0.25) is 0 Å². The molecule has 1 aliphatic rings. The van der Waals surface area contributed by atoms with Gasteiger partial charge < -0.3 is 4.90 Å². The Labute approximate surface area is 85.2 Å². The second kappa shape index (κ2) is 4.79. The van der Waals surface area contributed by atoms with Gasteiger partial charge in [-0.2, -0.15) is 10.5 Å². The second-order valence-electron chi connectivity index (χ2n) is 3.83. The summed E-state index contributed by atoms with van der Waals surface area (Å²) in [5.74, 6) is 0. The number of likely N-dealkylation sites (tertiary alicyclic amines) is 1. The maximum absolute atomic E-state index is 8.71. The molecular formula is C11H15N3. The van der Waals surface area contributed by atoms with Crippen molar-refractivity contribution in [2.75, 3.05) is 13.1 Å². The van der Waals surface area contributed by atoms with Gasteiger partial charge >= 0.3 is 0 Å². The first kappa shape index (κ1) is 10.8. The predicted molar refractivity (Wildman–Crippen MR) is 54.2 cm³/mol. The fourth-order valence-electron chi connectivity index (χ4n) is 1.74. The highest BCUT2D eigenvalue weighted by molar-refractivity contribution is 5.40. The topological polar surface area (TPSA) is 50.8 Å². The van der Waals surface area contributed by atoms with Gasteiger partial charge in [0.25, 0.3) is 0 Å². The van der Waals surface area contributed by atoms with Crippen LogP contribution in [0.15, 0.2) is 11.1 Å². The molecule has 0 aliphatic carbocycles. The number of allylic oxidation sites excluding steroid dienone is 1. The van der Waals surface area contributed by atoms with Crippen LogP contribution in [0.25, 0.3) is 0 Å². The molecule has 0 unspecified atom stereocenters. The van der Waals surface area contributed by atoms with E-state index >= 15 is 0 Å². The van der Waals surface area contributed by atoms with E-state index in [9.17, 15) is 0 Å². The fraction of sp³-hybridized carbons (Fsp3) is 0.636. The van der Waals surface area contributed by atoms with Crippen molar-refractivity contribution in [3.05, 3.63) is 11.1 Å². The van der Waals surface area contributed by atoms with E-state index in [1.165, 1.54) is 0 Å². The molecule has 1 saturated heterocycles. The summed E-state index contributed by atoms with van der Waals surface area (Å²) in [5.41, 5.74) is 1.36. The van der Waals surface area contributed by atoms with Gasteiger partial charge in [-0.15, -0.1) is 0 Å². The number of nitriles is 2. The van der Waals surface area contributed by atoms with Crippen LogP contribution >= 0.6 is 0 Å². The first-order valence-corrected chi connectivity index (χ1v) is 4.95. The Balaban J connectivity index is 2.65. The van der Waals surface area contributed by atoms with Crippen LogP contribution in [0.3, 0.4) is 0 Å². The molecule has 14 heavy (non-hydrogen) atoms. The summed E-state index contributed by atoms with van der Waals surface area (Å²) in [5, 5.41) is 17.4. The lowest BCUT2D eigenvalue weighted by Crippen LogP contribution is -2.36. The summed E-state index contributed by atoms with van der Waals surface area (Å²) in [6.07, 6.45) is 1.74. The van der Waals surface area contributed by atoms with E-state index in [0.717, 1.165) is 31.5 Å². The van der Waals surface area contributed by atoms with Crippen LogP contribution in [0, 0.1) is 22.7 Å². The number of hydrogen-bond acceptors (Lipinski definition) is 3. The van der Waals surface area contributed by atoms with Gasteiger partial charge in [0.15, 0.2) is 0 Å². The van der Waals surface area contributed by atoms with E-state index in [4.69, 9.17) is 10.5 Å². The van der Waals surface area contributed by atoms with Gasteiger partial charge in [-0.25, -0.2) is 0 Å². The monoisotopic (exact) mass is 189 g/mol. The van der Waals surface area contributed by atoms with Crippen molar-refractivity contribution >= 4 is 0 Å². The minimum Gasteiger partial charge on any atom is -0.300 e. The summed E-state index contributed by atoms with van der Waals surface area (Å²) < 4.78 is 0. The van der Waals surface area contributed by atoms with Crippen LogP contribution in [0.1, 0.15) is 26.7 Å². The average molecular weight is 189 g/mol. The van der Waals surface area contributed by atoms with Crippen molar-refractivity contribution in [1.82, 2.24) is 4.90 Å². The third-order valence-corrected chi connectivity index (χ3v) is 2.71. The summed E-state index contributed by atoms with van der Waals surface area (Å²) in [4.78, 5) is 2.37. The highest BCUT2D eigenvalue weighted by atomic mass is 15.1. The molecule has 1 rings (SSSR count). The lowest BCUT2D eigenvalue weighted by molar-refractivity contribution is 0.207. The van der Waals surface area contributed by atoms with Gasteiger partial charge in [0, 0.05) is 19.1 Å². The Kier molecular flexibility index (Phi) is 3.68. The molecule has 0 N–H and O–H groups in total. The highest BCUT2D eigenvalue weighted by Gasteiger charge is 2.18. The van der Waals surface area contributed by atoms with E-state index < -0.39 is 0 Å². The normalized spacial score (nSPS) is 17.6. The highest BCUT2D eigenvalue weighted by Crippen LogP contribution is 2.20. The lowest BCUT2D eigenvalue weighted by atomic mass is 9.98. The standard InChI is InChI=1S/C11H15N3/c1-9(2)14-5-3-10(4-6-14)11(7-12)8-13/h9H,3-6H2,1-2H3. The van der Waals surface area contributed by atoms with Crippen molar-refractivity contribution < 1.29 is 0 Å². The third-order valence-electron chi connectivity index (χ3n) is 2.71. The summed E-state index contributed by atoms with van der Waals surface area (Å²) in [7, 11) is 0. The molecule has 0 radical (unpaired) electrons. The Hall–Kier alpha value is -1.32. The first-order valence-electron chi connectivity index (χ1n) is 4.95. The summed E-state index contributed by atoms with van der Waals surface area (Å²) in [6.45, 7) is 6.29. The molecule has 3 heteroatoms. The molecule has 1 heterocycles. The van der Waals surface area contributed by atoms with E-state index in [1.807, 2.05) is 12.1 Å². The second-order valence-corrected chi connectivity index (χ2v) is 3.83. The maximum Gasteiger partial charge on any atom is 0.128 e. The SMILES string of the molecule is CC(C)N1CCC(=C(C#N)C#N)CC1. The lowest BCUT2D eigenvalue weighted by Gasteiger charge is -2.31. The van der Waals surface area contributed by atoms with Crippen LogP contribution in [-0.4, -0.2) is 24.0 Å². The van der Waals surface area contributed by atoms with E-state index in [-0.39, 0.29) is 0 Å². The van der Waals surface area contributed by atoms with Crippen molar-refractivity contribution in [1.29, 1.82) is 10.5 Å². The van der Waals surface area contributed by atoms with Gasteiger partial charge in [-0.3, -0.25) is 0 Å². The van der Waals surface area contributed by atoms with Gasteiger partial charge in [0.2, 0.25) is 0 Å². The van der Waals surface area contributed by atoms with E-state index in [0.29, 0.717) is 11.6 Å². The summed E-state index contributed by atoms with van der Waals surface area (Å²) in [6, 6.07) is 4.49. The molecule has 0 spiro atoms. The predicted octanol–water partition coefficient (Wildman–Crippen LogP) is 1.83. The molecule has 0 saturated carbocycles. The third kappa shape index (κ3) is 2.34. The van der Waals surface area contributed by atoms with Crippen molar-refractivity contribution in [2.45, 2.75) is 32.7 Å². The number of hydrogen-bond donors (Lipinski definition) is 0. The zero-order valence-electron chi connectivity index (χ0n) is 8.75. The Morgan fingerprint density at radius 3 is 2.07 bits per heavy atom. The van der Waals surface area contributed by atoms with Gasteiger partial charge in [-0.05, 0) is 32.3 Å². The largest absolute Gasteiger partial charge is 0.300 e. The molecule has 0 aromatic carbocycles. The smallest absolute Gasteiger partial charge is 0.128 e. The maximum atomic E-state index is 8.71.